The zero-order valence-corrected chi connectivity index (χ0v) is 14.0. The molecule has 126 valence electrons. The van der Waals surface area contributed by atoms with Gasteiger partial charge in [0, 0.05) is 36.8 Å². The molecule has 2 rings (SSSR count). The molecular weight excluding hydrogens is 290 g/mol. The number of carbonyl (C=O) groups excluding carboxylic acids is 2. The van der Waals surface area contributed by atoms with E-state index in [4.69, 9.17) is 5.73 Å². The van der Waals surface area contributed by atoms with Crippen molar-refractivity contribution in [2.75, 3.05) is 19.6 Å². The number of amides is 2. The lowest BCUT2D eigenvalue weighted by atomic mass is 9.92. The maximum absolute atomic E-state index is 12.7. The molecule has 0 bridgehead atoms. The molecule has 1 aliphatic rings. The number of nitrogens with one attached hydrogen (secondary N) is 1. The standard InChI is InChI=1S/C18H27N3O2/c1-3-9-20-17(22)14-6-4-7-15(11-14)18(23)21-10-5-8-16(12-21)13(2)19/h4,6-7,11,13,16H,3,5,8-10,12,19H2,1-2H3,(H,20,22). The fraction of sp³-hybridized carbons (Fsp3) is 0.556. The first-order chi connectivity index (χ1) is 11.0. The van der Waals surface area contributed by atoms with E-state index in [1.54, 1.807) is 24.3 Å². The van der Waals surface area contributed by atoms with Crippen LogP contribution in [0.4, 0.5) is 0 Å². The van der Waals surface area contributed by atoms with Crippen LogP contribution in [0.15, 0.2) is 24.3 Å². The van der Waals surface area contributed by atoms with E-state index in [0.29, 0.717) is 30.1 Å². The van der Waals surface area contributed by atoms with E-state index in [1.807, 2.05) is 18.7 Å². The fourth-order valence-corrected chi connectivity index (χ4v) is 2.94. The summed E-state index contributed by atoms with van der Waals surface area (Å²) in [7, 11) is 0. The second-order valence-electron chi connectivity index (χ2n) is 6.35. The molecule has 1 aliphatic heterocycles. The van der Waals surface area contributed by atoms with Crippen LogP contribution in [0.5, 0.6) is 0 Å². The van der Waals surface area contributed by atoms with Crippen LogP contribution in [-0.2, 0) is 0 Å². The van der Waals surface area contributed by atoms with Crippen LogP contribution in [0, 0.1) is 5.92 Å². The van der Waals surface area contributed by atoms with Crippen LogP contribution < -0.4 is 11.1 Å². The quantitative estimate of drug-likeness (QED) is 0.872. The lowest BCUT2D eigenvalue weighted by Crippen LogP contribution is -2.45. The third kappa shape index (κ3) is 4.55. The van der Waals surface area contributed by atoms with Gasteiger partial charge in [0.15, 0.2) is 0 Å². The Labute approximate surface area is 138 Å². The summed E-state index contributed by atoms with van der Waals surface area (Å²) in [6, 6.07) is 7.05. The summed E-state index contributed by atoms with van der Waals surface area (Å²) in [6.45, 7) is 6.10. The second-order valence-corrected chi connectivity index (χ2v) is 6.35. The van der Waals surface area contributed by atoms with Gasteiger partial charge in [-0.25, -0.2) is 0 Å². The number of likely N-dealkylation sites (tertiary alicyclic amines) is 1. The molecule has 0 radical (unpaired) electrons. The van der Waals surface area contributed by atoms with Crippen LogP contribution in [0.3, 0.4) is 0 Å². The SMILES string of the molecule is CCCNC(=O)c1cccc(C(=O)N2CCCC(C(C)N)C2)c1. The zero-order chi connectivity index (χ0) is 16.8. The molecule has 1 aromatic carbocycles. The normalized spacial score (nSPS) is 19.3. The number of nitrogens with two attached hydrogens (primary N) is 1. The van der Waals surface area contributed by atoms with Gasteiger partial charge in [-0.05, 0) is 50.3 Å². The summed E-state index contributed by atoms with van der Waals surface area (Å²) in [5, 5.41) is 2.84. The van der Waals surface area contributed by atoms with Crippen LogP contribution in [0.1, 0.15) is 53.8 Å². The minimum absolute atomic E-state index is 0.0134. The molecule has 0 saturated carbocycles. The van der Waals surface area contributed by atoms with E-state index in [1.165, 1.54) is 0 Å². The largest absolute Gasteiger partial charge is 0.352 e. The van der Waals surface area contributed by atoms with E-state index in [0.717, 1.165) is 25.8 Å². The van der Waals surface area contributed by atoms with Crippen molar-refractivity contribution in [2.45, 2.75) is 39.2 Å². The molecule has 0 spiro atoms. The number of carbonyl (C=O) groups is 2. The topological polar surface area (TPSA) is 75.4 Å². The molecule has 1 saturated heterocycles. The number of nitrogens with zero attached hydrogens (tertiary/aromatic N) is 1. The first-order valence-electron chi connectivity index (χ1n) is 8.46. The van der Waals surface area contributed by atoms with Gasteiger partial charge in [-0.15, -0.1) is 0 Å². The minimum Gasteiger partial charge on any atom is -0.352 e. The zero-order valence-electron chi connectivity index (χ0n) is 14.0. The molecule has 23 heavy (non-hydrogen) atoms. The lowest BCUT2D eigenvalue weighted by molar-refractivity contribution is 0.0661. The van der Waals surface area contributed by atoms with Crippen LogP contribution in [0.25, 0.3) is 0 Å². The Hall–Kier alpha value is -1.88. The number of hydrogen-bond donors (Lipinski definition) is 2. The molecule has 0 aliphatic carbocycles. The highest BCUT2D eigenvalue weighted by molar-refractivity contribution is 5.99. The van der Waals surface area contributed by atoms with Gasteiger partial charge in [-0.3, -0.25) is 9.59 Å². The smallest absolute Gasteiger partial charge is 0.253 e. The van der Waals surface area contributed by atoms with Gasteiger partial charge >= 0.3 is 0 Å². The van der Waals surface area contributed by atoms with E-state index in [2.05, 4.69) is 5.32 Å². The molecule has 1 aromatic rings. The third-order valence-corrected chi connectivity index (χ3v) is 4.40. The average molecular weight is 317 g/mol. The molecule has 2 unspecified atom stereocenters. The van der Waals surface area contributed by atoms with E-state index in [9.17, 15) is 9.59 Å². The summed E-state index contributed by atoms with van der Waals surface area (Å²) >= 11 is 0. The maximum atomic E-state index is 12.7. The Morgan fingerprint density at radius 2 is 2.13 bits per heavy atom. The molecule has 5 nitrogen and oxygen atoms in total. The predicted octanol–water partition coefficient (Wildman–Crippen LogP) is 2.03. The maximum Gasteiger partial charge on any atom is 0.253 e. The van der Waals surface area contributed by atoms with E-state index < -0.39 is 0 Å². The number of hydrogen-bond acceptors (Lipinski definition) is 3. The Morgan fingerprint density at radius 3 is 2.83 bits per heavy atom. The third-order valence-electron chi connectivity index (χ3n) is 4.40. The van der Waals surface area contributed by atoms with Crippen LogP contribution in [0.2, 0.25) is 0 Å². The fourth-order valence-electron chi connectivity index (χ4n) is 2.94. The predicted molar refractivity (Wildman–Crippen MR) is 91.3 cm³/mol. The van der Waals surface area contributed by atoms with Crippen LogP contribution >= 0.6 is 0 Å². The summed E-state index contributed by atoms with van der Waals surface area (Å²) < 4.78 is 0. The Kier molecular flexibility index (Phi) is 6.16. The van der Waals surface area contributed by atoms with Gasteiger partial charge in [-0.1, -0.05) is 13.0 Å². The highest BCUT2D eigenvalue weighted by Gasteiger charge is 2.26. The van der Waals surface area contributed by atoms with Crippen LogP contribution in [-0.4, -0.2) is 42.4 Å². The Bertz CT molecular complexity index is 557. The van der Waals surface area contributed by atoms with Gasteiger partial charge < -0.3 is 16.0 Å². The molecular formula is C18H27N3O2. The molecule has 5 heteroatoms. The lowest BCUT2D eigenvalue weighted by Gasteiger charge is -2.34. The van der Waals surface area contributed by atoms with Crippen molar-refractivity contribution in [3.63, 3.8) is 0 Å². The van der Waals surface area contributed by atoms with Gasteiger partial charge in [-0.2, -0.15) is 0 Å². The number of rotatable bonds is 5. The van der Waals surface area contributed by atoms with Gasteiger partial charge in [0.2, 0.25) is 0 Å². The van der Waals surface area contributed by atoms with Crippen molar-refractivity contribution < 1.29 is 9.59 Å². The van der Waals surface area contributed by atoms with Crippen molar-refractivity contribution in [3.8, 4) is 0 Å². The van der Waals surface area contributed by atoms with Crippen molar-refractivity contribution in [1.29, 1.82) is 0 Å². The molecule has 1 heterocycles. The monoisotopic (exact) mass is 317 g/mol. The first-order valence-corrected chi connectivity index (χ1v) is 8.46. The highest BCUT2D eigenvalue weighted by Crippen LogP contribution is 2.21. The summed E-state index contributed by atoms with van der Waals surface area (Å²) in [5.41, 5.74) is 7.09. The van der Waals surface area contributed by atoms with Gasteiger partial charge in [0.25, 0.3) is 11.8 Å². The minimum atomic E-state index is -0.131. The first kappa shape index (κ1) is 17.5. The average Bonchev–Trinajstić information content (AvgIpc) is 2.59. The highest BCUT2D eigenvalue weighted by atomic mass is 16.2. The second kappa shape index (κ2) is 8.11. The Morgan fingerprint density at radius 1 is 1.39 bits per heavy atom. The van der Waals surface area contributed by atoms with E-state index >= 15 is 0 Å². The number of piperidine rings is 1. The molecule has 1 fully saturated rings. The summed E-state index contributed by atoms with van der Waals surface area (Å²) in [5.74, 6) is 0.206. The molecule has 0 aromatic heterocycles. The van der Waals surface area contributed by atoms with Crippen molar-refractivity contribution in [3.05, 3.63) is 35.4 Å². The van der Waals surface area contributed by atoms with Crippen molar-refractivity contribution in [1.82, 2.24) is 10.2 Å². The van der Waals surface area contributed by atoms with Crippen molar-refractivity contribution in [2.24, 2.45) is 11.7 Å². The summed E-state index contributed by atoms with van der Waals surface area (Å²) in [4.78, 5) is 26.6. The van der Waals surface area contributed by atoms with E-state index in [-0.39, 0.29) is 17.9 Å². The molecule has 2 amide bonds. The molecule has 3 N–H and O–H groups in total. The summed E-state index contributed by atoms with van der Waals surface area (Å²) in [6.07, 6.45) is 2.94. The Balaban J connectivity index is 2.08. The van der Waals surface area contributed by atoms with Gasteiger partial charge in [0.05, 0.1) is 0 Å². The van der Waals surface area contributed by atoms with Gasteiger partial charge in [0.1, 0.15) is 0 Å². The molecule has 2 atom stereocenters. The van der Waals surface area contributed by atoms with Crippen molar-refractivity contribution >= 4 is 11.8 Å². The number of benzene rings is 1.